The largest absolute Gasteiger partial charge is 0.323 e. The van der Waals surface area contributed by atoms with Gasteiger partial charge in [0.1, 0.15) is 11.2 Å². The maximum Gasteiger partial charge on any atom is 0.323 e. The highest BCUT2D eigenvalue weighted by atomic mass is 32.2. The van der Waals surface area contributed by atoms with E-state index in [1.165, 1.54) is 12.1 Å². The molecule has 3 aromatic carbocycles. The molecule has 1 aliphatic heterocycles. The Kier molecular flexibility index (Phi) is 4.32. The van der Waals surface area contributed by atoms with E-state index >= 15 is 0 Å². The lowest BCUT2D eigenvalue weighted by atomic mass is 10.1. The Morgan fingerprint density at radius 1 is 1.04 bits per heavy atom. The number of hydrogen-bond acceptors (Lipinski definition) is 2. The van der Waals surface area contributed by atoms with Crippen LogP contribution in [0, 0.1) is 5.82 Å². The second kappa shape index (κ2) is 6.76. The van der Waals surface area contributed by atoms with Crippen LogP contribution in [0.1, 0.15) is 10.9 Å². The lowest BCUT2D eigenvalue weighted by Crippen LogP contribution is -2.34. The van der Waals surface area contributed by atoms with Gasteiger partial charge in [0.25, 0.3) is 0 Å². The average molecular weight is 352 g/mol. The van der Waals surface area contributed by atoms with Crippen LogP contribution in [-0.4, -0.2) is 23.2 Å². The van der Waals surface area contributed by atoms with Crippen LogP contribution in [0.3, 0.4) is 0 Å². The molecule has 126 valence electrons. The number of carbonyl (C=O) groups is 1. The summed E-state index contributed by atoms with van der Waals surface area (Å²) in [5, 5.41) is 5.06. The van der Waals surface area contributed by atoms with Crippen molar-refractivity contribution in [2.75, 3.05) is 17.6 Å². The molecule has 0 bridgehead atoms. The second-order valence-electron chi connectivity index (χ2n) is 5.92. The summed E-state index contributed by atoms with van der Waals surface area (Å²) < 4.78 is 13.2. The van der Waals surface area contributed by atoms with E-state index in [9.17, 15) is 9.18 Å². The Balaban J connectivity index is 1.58. The van der Waals surface area contributed by atoms with Gasteiger partial charge in [-0.2, -0.15) is 0 Å². The number of halogens is 1. The zero-order valence-corrected chi connectivity index (χ0v) is 14.3. The fourth-order valence-corrected chi connectivity index (χ4v) is 4.36. The van der Waals surface area contributed by atoms with Crippen molar-refractivity contribution in [3.8, 4) is 0 Å². The molecule has 1 aliphatic rings. The predicted octanol–water partition coefficient (Wildman–Crippen LogP) is 5.26. The number of benzene rings is 3. The van der Waals surface area contributed by atoms with Gasteiger partial charge in [0.15, 0.2) is 0 Å². The summed E-state index contributed by atoms with van der Waals surface area (Å²) in [6.07, 6.45) is 0. The Morgan fingerprint density at radius 2 is 1.80 bits per heavy atom. The maximum atomic E-state index is 13.2. The van der Waals surface area contributed by atoms with Crippen LogP contribution in [0.2, 0.25) is 0 Å². The van der Waals surface area contributed by atoms with Crippen molar-refractivity contribution in [1.29, 1.82) is 0 Å². The molecule has 3 aromatic rings. The van der Waals surface area contributed by atoms with E-state index < -0.39 is 0 Å². The van der Waals surface area contributed by atoms with Crippen LogP contribution >= 0.6 is 11.8 Å². The third kappa shape index (κ3) is 3.20. The van der Waals surface area contributed by atoms with Crippen LogP contribution in [0.5, 0.6) is 0 Å². The lowest BCUT2D eigenvalue weighted by molar-refractivity contribution is 0.214. The van der Waals surface area contributed by atoms with Crippen molar-refractivity contribution in [2.45, 2.75) is 5.37 Å². The fraction of sp³-hybridized carbons (Fsp3) is 0.150. The van der Waals surface area contributed by atoms with E-state index in [1.807, 2.05) is 42.5 Å². The molecule has 1 atom stereocenters. The third-order valence-corrected chi connectivity index (χ3v) is 5.60. The van der Waals surface area contributed by atoms with Gasteiger partial charge in [-0.25, -0.2) is 9.18 Å². The zero-order valence-electron chi connectivity index (χ0n) is 13.5. The molecular formula is C20H17FN2OS. The van der Waals surface area contributed by atoms with Gasteiger partial charge >= 0.3 is 6.03 Å². The molecule has 1 saturated heterocycles. The molecule has 1 heterocycles. The molecule has 3 nitrogen and oxygen atoms in total. The molecule has 0 radical (unpaired) electrons. The van der Waals surface area contributed by atoms with Gasteiger partial charge in [-0.15, -0.1) is 11.8 Å². The fourth-order valence-electron chi connectivity index (χ4n) is 3.10. The minimum absolute atomic E-state index is 0.0874. The first-order valence-electron chi connectivity index (χ1n) is 8.15. The van der Waals surface area contributed by atoms with Crippen LogP contribution in [-0.2, 0) is 0 Å². The van der Waals surface area contributed by atoms with Crippen molar-refractivity contribution < 1.29 is 9.18 Å². The molecule has 5 heteroatoms. The van der Waals surface area contributed by atoms with Crippen molar-refractivity contribution in [1.82, 2.24) is 4.90 Å². The molecule has 1 fully saturated rings. The number of urea groups is 1. The molecule has 0 unspecified atom stereocenters. The highest BCUT2D eigenvalue weighted by Gasteiger charge is 2.30. The first kappa shape index (κ1) is 16.0. The van der Waals surface area contributed by atoms with Crippen molar-refractivity contribution in [3.05, 3.63) is 78.1 Å². The topological polar surface area (TPSA) is 32.3 Å². The summed E-state index contributed by atoms with van der Waals surface area (Å²) in [6, 6.07) is 20.1. The van der Waals surface area contributed by atoms with Gasteiger partial charge < -0.3 is 10.2 Å². The molecule has 4 rings (SSSR count). The quantitative estimate of drug-likeness (QED) is 0.682. The van der Waals surface area contributed by atoms with E-state index in [4.69, 9.17) is 0 Å². The summed E-state index contributed by atoms with van der Waals surface area (Å²) in [4.78, 5) is 14.6. The highest BCUT2D eigenvalue weighted by Crippen LogP contribution is 2.38. The molecule has 0 aromatic heterocycles. The minimum Gasteiger partial charge on any atom is -0.308 e. The SMILES string of the molecule is O=C(Nc1cccc2ccccc12)N1CCS[C@@H]1c1ccc(F)cc1. The third-order valence-electron chi connectivity index (χ3n) is 4.34. The number of amides is 2. The molecule has 1 N–H and O–H groups in total. The number of fused-ring (bicyclic) bond motifs is 1. The Hall–Kier alpha value is -2.53. The first-order chi connectivity index (χ1) is 12.2. The smallest absolute Gasteiger partial charge is 0.308 e. The lowest BCUT2D eigenvalue weighted by Gasteiger charge is -2.24. The molecular weight excluding hydrogens is 335 g/mol. The number of anilines is 1. The van der Waals surface area contributed by atoms with E-state index in [0.717, 1.165) is 27.8 Å². The van der Waals surface area contributed by atoms with Gasteiger partial charge in [0.05, 0.1) is 5.69 Å². The van der Waals surface area contributed by atoms with Crippen LogP contribution < -0.4 is 5.32 Å². The Labute approximate surface area is 149 Å². The van der Waals surface area contributed by atoms with Gasteiger partial charge in [0.2, 0.25) is 0 Å². The van der Waals surface area contributed by atoms with Gasteiger partial charge in [-0.3, -0.25) is 0 Å². The van der Waals surface area contributed by atoms with Gasteiger partial charge in [-0.1, -0.05) is 48.5 Å². The highest BCUT2D eigenvalue weighted by molar-refractivity contribution is 7.99. The number of nitrogens with zero attached hydrogens (tertiary/aromatic N) is 1. The van der Waals surface area contributed by atoms with Crippen molar-refractivity contribution >= 4 is 34.3 Å². The molecule has 0 saturated carbocycles. The summed E-state index contributed by atoms with van der Waals surface area (Å²) in [5.74, 6) is 0.601. The van der Waals surface area contributed by atoms with Crippen LogP contribution in [0.15, 0.2) is 66.7 Å². The van der Waals surface area contributed by atoms with Crippen LogP contribution in [0.25, 0.3) is 10.8 Å². The summed E-state index contributed by atoms with van der Waals surface area (Å²) in [5.41, 5.74) is 1.75. The number of carbonyl (C=O) groups excluding carboxylic acids is 1. The van der Waals surface area contributed by atoms with Gasteiger partial charge in [-0.05, 0) is 29.1 Å². The summed E-state index contributed by atoms with van der Waals surface area (Å²) in [7, 11) is 0. The second-order valence-corrected chi connectivity index (χ2v) is 7.11. The number of nitrogens with one attached hydrogen (secondary N) is 1. The average Bonchev–Trinajstić information content (AvgIpc) is 3.12. The minimum atomic E-state index is -0.265. The summed E-state index contributed by atoms with van der Waals surface area (Å²) in [6.45, 7) is 0.670. The molecule has 0 aliphatic carbocycles. The Bertz CT molecular complexity index is 908. The Morgan fingerprint density at radius 3 is 2.64 bits per heavy atom. The van der Waals surface area contributed by atoms with E-state index in [1.54, 1.807) is 28.8 Å². The number of thioether (sulfide) groups is 1. The molecule has 0 spiro atoms. The van der Waals surface area contributed by atoms with E-state index in [-0.39, 0.29) is 17.2 Å². The van der Waals surface area contributed by atoms with Crippen molar-refractivity contribution in [2.24, 2.45) is 0 Å². The molecule has 2 amide bonds. The molecule has 25 heavy (non-hydrogen) atoms. The van der Waals surface area contributed by atoms with Gasteiger partial charge in [0, 0.05) is 17.7 Å². The monoisotopic (exact) mass is 352 g/mol. The summed E-state index contributed by atoms with van der Waals surface area (Å²) >= 11 is 1.69. The maximum absolute atomic E-state index is 13.2. The number of rotatable bonds is 2. The first-order valence-corrected chi connectivity index (χ1v) is 9.20. The van der Waals surface area contributed by atoms with E-state index in [2.05, 4.69) is 5.32 Å². The normalized spacial score (nSPS) is 17.0. The predicted molar refractivity (Wildman–Crippen MR) is 101 cm³/mol. The van der Waals surface area contributed by atoms with E-state index in [0.29, 0.717) is 6.54 Å². The standard InChI is InChI=1S/C20H17FN2OS/c21-16-10-8-15(9-11-16)19-23(12-13-25-19)20(24)22-18-7-3-5-14-4-1-2-6-17(14)18/h1-11,19H,12-13H2,(H,22,24)/t19-/m1/s1. The van der Waals surface area contributed by atoms with Crippen LogP contribution in [0.4, 0.5) is 14.9 Å². The number of hydrogen-bond donors (Lipinski definition) is 1. The van der Waals surface area contributed by atoms with Crippen molar-refractivity contribution in [3.63, 3.8) is 0 Å². The zero-order chi connectivity index (χ0) is 17.2.